The first-order valence-electron chi connectivity index (χ1n) is 8.13. The summed E-state index contributed by atoms with van der Waals surface area (Å²) in [6, 6.07) is 14.2. The molecule has 0 radical (unpaired) electrons. The maximum Gasteiger partial charge on any atom is 0.387 e. The summed E-state index contributed by atoms with van der Waals surface area (Å²) < 4.78 is 29.0. The molecular weight excluding hydrogens is 358 g/mol. The Balaban J connectivity index is 1.83. The normalized spacial score (nSPS) is 11.0. The molecule has 2 rings (SSSR count). The van der Waals surface area contributed by atoms with Crippen LogP contribution >= 0.6 is 11.8 Å². The number of ether oxygens (including phenoxy) is 1. The molecule has 2 aromatic rings. The number of benzene rings is 2. The van der Waals surface area contributed by atoms with Crippen molar-refractivity contribution in [2.24, 2.45) is 0 Å². The van der Waals surface area contributed by atoms with E-state index in [9.17, 15) is 13.6 Å². The van der Waals surface area contributed by atoms with Crippen LogP contribution in [0, 0.1) is 0 Å². The highest BCUT2D eigenvalue weighted by Crippen LogP contribution is 2.24. The number of alkyl halides is 2. The van der Waals surface area contributed by atoms with Crippen LogP contribution in [0.3, 0.4) is 0 Å². The quantitative estimate of drug-likeness (QED) is 0.652. The molecule has 0 aromatic heterocycles. The molecule has 0 aliphatic carbocycles. The minimum atomic E-state index is -2.84. The molecule has 0 aliphatic rings. The van der Waals surface area contributed by atoms with Gasteiger partial charge >= 0.3 is 6.61 Å². The number of amides is 1. The highest BCUT2D eigenvalue weighted by Gasteiger charge is 2.09. The van der Waals surface area contributed by atoms with Crippen molar-refractivity contribution in [3.05, 3.63) is 54.1 Å². The predicted octanol–water partition coefficient (Wildman–Crippen LogP) is 4.47. The lowest BCUT2D eigenvalue weighted by atomic mass is 10.2. The number of carbonyl (C=O) groups is 1. The van der Waals surface area contributed by atoms with Gasteiger partial charge in [0.25, 0.3) is 0 Å². The van der Waals surface area contributed by atoms with Crippen LogP contribution in [0.4, 0.5) is 14.5 Å². The number of rotatable bonds is 9. The van der Waals surface area contributed by atoms with Crippen molar-refractivity contribution >= 4 is 23.4 Å². The number of thioether (sulfide) groups is 1. The molecule has 0 fully saturated rings. The molecule has 1 amide bonds. The van der Waals surface area contributed by atoms with E-state index in [0.717, 1.165) is 16.1 Å². The molecule has 0 saturated carbocycles. The van der Waals surface area contributed by atoms with E-state index in [1.165, 1.54) is 6.07 Å². The van der Waals surface area contributed by atoms with Gasteiger partial charge in [0, 0.05) is 24.4 Å². The Morgan fingerprint density at radius 3 is 2.73 bits per heavy atom. The van der Waals surface area contributed by atoms with Gasteiger partial charge in [0.15, 0.2) is 0 Å². The summed E-state index contributed by atoms with van der Waals surface area (Å²) in [7, 11) is 1.88. The van der Waals surface area contributed by atoms with E-state index < -0.39 is 6.61 Å². The average molecular weight is 380 g/mol. The van der Waals surface area contributed by atoms with E-state index in [-0.39, 0.29) is 11.7 Å². The molecule has 0 saturated heterocycles. The SMILES string of the molecule is CSc1ccccc1NC(=O)CCN(C)Cc1cccc(OC(F)F)c1. The van der Waals surface area contributed by atoms with Crippen molar-refractivity contribution in [1.82, 2.24) is 4.90 Å². The number of hydrogen-bond acceptors (Lipinski definition) is 4. The monoisotopic (exact) mass is 380 g/mol. The van der Waals surface area contributed by atoms with Crippen molar-refractivity contribution in [2.75, 3.05) is 25.2 Å². The Labute approximate surface area is 156 Å². The van der Waals surface area contributed by atoms with Gasteiger partial charge in [-0.2, -0.15) is 8.78 Å². The Bertz CT molecular complexity index is 728. The minimum absolute atomic E-state index is 0.0619. The third-order valence-corrected chi connectivity index (χ3v) is 4.47. The third-order valence-electron chi connectivity index (χ3n) is 3.68. The molecule has 4 nitrogen and oxygen atoms in total. The molecule has 0 unspecified atom stereocenters. The van der Waals surface area contributed by atoms with E-state index in [1.807, 2.05) is 48.5 Å². The van der Waals surface area contributed by atoms with Crippen LogP contribution in [0.1, 0.15) is 12.0 Å². The van der Waals surface area contributed by atoms with Gasteiger partial charge in [-0.05, 0) is 43.1 Å². The van der Waals surface area contributed by atoms with Crippen molar-refractivity contribution in [3.8, 4) is 5.75 Å². The molecule has 0 spiro atoms. The fraction of sp³-hybridized carbons (Fsp3) is 0.316. The van der Waals surface area contributed by atoms with Crippen LogP contribution in [0.15, 0.2) is 53.4 Å². The van der Waals surface area contributed by atoms with E-state index >= 15 is 0 Å². The number of para-hydroxylation sites is 1. The Morgan fingerprint density at radius 1 is 1.23 bits per heavy atom. The number of halogens is 2. The fourth-order valence-electron chi connectivity index (χ4n) is 2.46. The van der Waals surface area contributed by atoms with Crippen LogP contribution in [-0.2, 0) is 11.3 Å². The molecule has 0 bridgehead atoms. The second-order valence-electron chi connectivity index (χ2n) is 5.76. The van der Waals surface area contributed by atoms with Crippen LogP contribution in [0.5, 0.6) is 5.75 Å². The maximum atomic E-state index is 12.3. The van der Waals surface area contributed by atoms with Crippen LogP contribution in [0.25, 0.3) is 0 Å². The number of hydrogen-bond donors (Lipinski definition) is 1. The largest absolute Gasteiger partial charge is 0.435 e. The molecule has 0 aliphatic heterocycles. The Kier molecular flexibility index (Phi) is 7.87. The van der Waals surface area contributed by atoms with Gasteiger partial charge in [-0.25, -0.2) is 0 Å². The Morgan fingerprint density at radius 2 is 2.00 bits per heavy atom. The summed E-state index contributed by atoms with van der Waals surface area (Å²) in [5, 5.41) is 2.92. The maximum absolute atomic E-state index is 12.3. The Hall–Kier alpha value is -2.12. The lowest BCUT2D eigenvalue weighted by Crippen LogP contribution is -2.24. The molecule has 7 heteroatoms. The molecule has 1 N–H and O–H groups in total. The van der Waals surface area contributed by atoms with Gasteiger partial charge in [0.2, 0.25) is 5.91 Å². The first-order chi connectivity index (χ1) is 12.5. The van der Waals surface area contributed by atoms with Crippen LogP contribution < -0.4 is 10.1 Å². The number of nitrogens with zero attached hydrogens (tertiary/aromatic N) is 1. The van der Waals surface area contributed by atoms with Crippen molar-refractivity contribution in [1.29, 1.82) is 0 Å². The topological polar surface area (TPSA) is 41.6 Å². The highest BCUT2D eigenvalue weighted by atomic mass is 32.2. The van der Waals surface area contributed by atoms with Gasteiger partial charge < -0.3 is 15.0 Å². The van der Waals surface area contributed by atoms with E-state index in [1.54, 1.807) is 23.9 Å². The van der Waals surface area contributed by atoms with Gasteiger partial charge in [-0.15, -0.1) is 11.8 Å². The van der Waals surface area contributed by atoms with Gasteiger partial charge in [-0.3, -0.25) is 4.79 Å². The van der Waals surface area contributed by atoms with Crippen LogP contribution in [-0.4, -0.2) is 37.3 Å². The van der Waals surface area contributed by atoms with Crippen LogP contribution in [0.2, 0.25) is 0 Å². The zero-order valence-electron chi connectivity index (χ0n) is 14.7. The highest BCUT2D eigenvalue weighted by molar-refractivity contribution is 7.98. The summed E-state index contributed by atoms with van der Waals surface area (Å²) >= 11 is 1.58. The van der Waals surface area contributed by atoms with Crippen molar-refractivity contribution < 1.29 is 18.3 Å². The second-order valence-corrected chi connectivity index (χ2v) is 6.61. The van der Waals surface area contributed by atoms with E-state index in [4.69, 9.17) is 0 Å². The minimum Gasteiger partial charge on any atom is -0.435 e. The summed E-state index contributed by atoms with van der Waals surface area (Å²) in [6.45, 7) is -1.75. The zero-order valence-corrected chi connectivity index (χ0v) is 15.6. The standard InChI is InChI=1S/C19H22F2N2O2S/c1-23(13-14-6-5-7-15(12-14)25-19(20)21)11-10-18(24)22-16-8-3-4-9-17(16)26-2/h3-9,12,19H,10-11,13H2,1-2H3,(H,22,24). The number of anilines is 1. The van der Waals surface area contributed by atoms with Gasteiger partial charge in [0.1, 0.15) is 5.75 Å². The first kappa shape index (κ1) is 20.2. The van der Waals surface area contributed by atoms with Gasteiger partial charge in [0.05, 0.1) is 5.69 Å². The number of nitrogens with one attached hydrogen (secondary N) is 1. The summed E-state index contributed by atoms with van der Waals surface area (Å²) in [5.74, 6) is 0.0745. The summed E-state index contributed by atoms with van der Waals surface area (Å²) in [4.78, 5) is 15.1. The molecule has 26 heavy (non-hydrogen) atoms. The van der Waals surface area contributed by atoms with Crippen molar-refractivity contribution in [3.63, 3.8) is 0 Å². The summed E-state index contributed by atoms with van der Waals surface area (Å²) in [6.07, 6.45) is 2.30. The molecule has 0 atom stereocenters. The second kappa shape index (κ2) is 10.1. The van der Waals surface area contributed by atoms with Gasteiger partial charge in [-0.1, -0.05) is 24.3 Å². The molecular formula is C19H22F2N2O2S. The first-order valence-corrected chi connectivity index (χ1v) is 9.35. The predicted molar refractivity (Wildman–Crippen MR) is 101 cm³/mol. The smallest absolute Gasteiger partial charge is 0.387 e. The lowest BCUT2D eigenvalue weighted by Gasteiger charge is -2.17. The molecule has 0 heterocycles. The third kappa shape index (κ3) is 6.65. The lowest BCUT2D eigenvalue weighted by molar-refractivity contribution is -0.116. The summed E-state index contributed by atoms with van der Waals surface area (Å²) in [5.41, 5.74) is 1.66. The van der Waals surface area contributed by atoms with E-state index in [0.29, 0.717) is 19.5 Å². The average Bonchev–Trinajstić information content (AvgIpc) is 2.60. The molecule has 2 aromatic carbocycles. The number of carbonyl (C=O) groups excluding carboxylic acids is 1. The van der Waals surface area contributed by atoms with Crippen molar-refractivity contribution in [2.45, 2.75) is 24.5 Å². The van der Waals surface area contributed by atoms with E-state index in [2.05, 4.69) is 10.1 Å². The zero-order chi connectivity index (χ0) is 18.9. The fourth-order valence-corrected chi connectivity index (χ4v) is 3.02. The molecule has 140 valence electrons.